The Balaban J connectivity index is 1.43. The van der Waals surface area contributed by atoms with E-state index in [0.29, 0.717) is 19.5 Å². The number of fused-ring (bicyclic) bond motifs is 1. The summed E-state index contributed by atoms with van der Waals surface area (Å²) in [6.45, 7) is 2.58. The molecular formula is C21H24N2O4S2. The SMILES string of the molecule is CC(CC(=O)NCc1cccs1)S(=O)(=O)c1ccc2c(c1)CCN2C(=O)C1CC1. The number of nitrogens with one attached hydrogen (secondary N) is 1. The Labute approximate surface area is 174 Å². The highest BCUT2D eigenvalue weighted by molar-refractivity contribution is 7.92. The molecular weight excluding hydrogens is 408 g/mol. The average Bonchev–Trinajstić information content (AvgIpc) is 3.25. The molecule has 2 heterocycles. The first kappa shape index (κ1) is 20.1. The zero-order chi connectivity index (χ0) is 20.6. The molecule has 0 saturated heterocycles. The van der Waals surface area contributed by atoms with E-state index in [1.54, 1.807) is 41.4 Å². The molecule has 6 nitrogen and oxygen atoms in total. The van der Waals surface area contributed by atoms with E-state index in [2.05, 4.69) is 5.32 Å². The first-order chi connectivity index (χ1) is 13.9. The van der Waals surface area contributed by atoms with Crippen LogP contribution in [0.2, 0.25) is 0 Å². The van der Waals surface area contributed by atoms with Gasteiger partial charge in [0.05, 0.1) is 16.7 Å². The van der Waals surface area contributed by atoms with E-state index < -0.39 is 15.1 Å². The van der Waals surface area contributed by atoms with Crippen LogP contribution in [0, 0.1) is 5.92 Å². The highest BCUT2D eigenvalue weighted by Crippen LogP contribution is 2.37. The van der Waals surface area contributed by atoms with E-state index in [1.807, 2.05) is 17.5 Å². The smallest absolute Gasteiger partial charge is 0.230 e. The van der Waals surface area contributed by atoms with Crippen LogP contribution < -0.4 is 10.2 Å². The van der Waals surface area contributed by atoms with Gasteiger partial charge in [0, 0.05) is 29.4 Å². The Morgan fingerprint density at radius 3 is 2.76 bits per heavy atom. The Hall–Kier alpha value is -2.19. The molecule has 154 valence electrons. The number of nitrogens with zero attached hydrogens (tertiary/aromatic N) is 1. The number of thiophene rings is 1. The van der Waals surface area contributed by atoms with E-state index >= 15 is 0 Å². The summed E-state index contributed by atoms with van der Waals surface area (Å²) in [6.07, 6.45) is 2.47. The van der Waals surface area contributed by atoms with E-state index in [4.69, 9.17) is 0 Å². The maximum absolute atomic E-state index is 13.0. The molecule has 0 spiro atoms. The molecule has 1 aliphatic carbocycles. The summed E-state index contributed by atoms with van der Waals surface area (Å²) in [5, 5.41) is 3.89. The molecule has 1 saturated carbocycles. The van der Waals surface area contributed by atoms with Crippen LogP contribution in [0.25, 0.3) is 0 Å². The summed E-state index contributed by atoms with van der Waals surface area (Å²) < 4.78 is 26.0. The summed E-state index contributed by atoms with van der Waals surface area (Å²) in [5.74, 6) is 0.00375. The second kappa shape index (κ2) is 7.91. The molecule has 1 aliphatic heterocycles. The summed E-state index contributed by atoms with van der Waals surface area (Å²) >= 11 is 1.54. The minimum Gasteiger partial charge on any atom is -0.351 e. The molecule has 0 radical (unpaired) electrons. The van der Waals surface area contributed by atoms with Gasteiger partial charge >= 0.3 is 0 Å². The Morgan fingerprint density at radius 2 is 2.07 bits per heavy atom. The number of hydrogen-bond acceptors (Lipinski definition) is 5. The van der Waals surface area contributed by atoms with Gasteiger partial charge in [-0.15, -0.1) is 11.3 Å². The lowest BCUT2D eigenvalue weighted by molar-refractivity contribution is -0.121. The van der Waals surface area contributed by atoms with Crippen molar-refractivity contribution < 1.29 is 18.0 Å². The van der Waals surface area contributed by atoms with Gasteiger partial charge < -0.3 is 10.2 Å². The van der Waals surface area contributed by atoms with Gasteiger partial charge in [0.15, 0.2) is 9.84 Å². The Kier molecular flexibility index (Phi) is 5.48. The van der Waals surface area contributed by atoms with Gasteiger partial charge in [-0.25, -0.2) is 8.42 Å². The molecule has 0 bridgehead atoms. The molecule has 4 rings (SSSR count). The molecule has 2 amide bonds. The fourth-order valence-corrected chi connectivity index (χ4v) is 5.65. The molecule has 2 aliphatic rings. The number of benzene rings is 1. The molecule has 2 aromatic rings. The minimum atomic E-state index is -3.63. The Bertz CT molecular complexity index is 1030. The lowest BCUT2D eigenvalue weighted by Gasteiger charge is -2.18. The summed E-state index contributed by atoms with van der Waals surface area (Å²) in [4.78, 5) is 27.6. The lowest BCUT2D eigenvalue weighted by atomic mass is 10.2. The zero-order valence-electron chi connectivity index (χ0n) is 16.3. The highest BCUT2D eigenvalue weighted by atomic mass is 32.2. The predicted molar refractivity (Wildman–Crippen MR) is 113 cm³/mol. The Morgan fingerprint density at radius 1 is 1.28 bits per heavy atom. The standard InChI is InChI=1S/C21H24N2O4S2/c1-14(11-20(24)22-13-17-3-2-10-28-17)29(26,27)18-6-7-19-16(12-18)8-9-23(19)21(25)15-4-5-15/h2-3,6-7,10,12,14-15H,4-5,8-9,11,13H2,1H3,(H,22,24). The molecule has 29 heavy (non-hydrogen) atoms. The van der Waals surface area contributed by atoms with Crippen LogP contribution in [0.1, 0.15) is 36.6 Å². The summed E-state index contributed by atoms with van der Waals surface area (Å²) in [5.41, 5.74) is 1.71. The number of rotatable bonds is 7. The topological polar surface area (TPSA) is 83.6 Å². The van der Waals surface area contributed by atoms with Crippen molar-refractivity contribution in [2.24, 2.45) is 5.92 Å². The molecule has 1 unspecified atom stereocenters. The maximum atomic E-state index is 13.0. The molecule has 8 heteroatoms. The van der Waals surface area contributed by atoms with Gasteiger partial charge in [0.1, 0.15) is 0 Å². The number of hydrogen-bond donors (Lipinski definition) is 1. The third kappa shape index (κ3) is 4.23. The van der Waals surface area contributed by atoms with Crippen LogP contribution >= 0.6 is 11.3 Å². The van der Waals surface area contributed by atoms with Gasteiger partial charge in [-0.3, -0.25) is 9.59 Å². The van der Waals surface area contributed by atoms with Gasteiger partial charge in [-0.2, -0.15) is 0 Å². The van der Waals surface area contributed by atoms with Crippen LogP contribution in [-0.2, 0) is 32.4 Å². The number of carbonyl (C=O) groups excluding carboxylic acids is 2. The molecule has 1 fully saturated rings. The molecule has 1 aromatic heterocycles. The third-order valence-corrected chi connectivity index (χ3v) is 8.52. The van der Waals surface area contributed by atoms with Crippen molar-refractivity contribution in [1.82, 2.24) is 5.32 Å². The van der Waals surface area contributed by atoms with Crippen molar-refractivity contribution in [3.05, 3.63) is 46.2 Å². The first-order valence-corrected chi connectivity index (χ1v) is 12.3. The lowest BCUT2D eigenvalue weighted by Crippen LogP contribution is -2.30. The van der Waals surface area contributed by atoms with E-state index in [9.17, 15) is 18.0 Å². The number of sulfone groups is 1. The largest absolute Gasteiger partial charge is 0.351 e. The summed E-state index contributed by atoms with van der Waals surface area (Å²) in [7, 11) is -3.63. The van der Waals surface area contributed by atoms with Crippen molar-refractivity contribution in [2.75, 3.05) is 11.4 Å². The van der Waals surface area contributed by atoms with Crippen LogP contribution in [0.15, 0.2) is 40.6 Å². The summed E-state index contributed by atoms with van der Waals surface area (Å²) in [6, 6.07) is 8.80. The number of carbonyl (C=O) groups is 2. The normalized spacial score (nSPS) is 17.1. The van der Waals surface area contributed by atoms with E-state index in [0.717, 1.165) is 29.0 Å². The quantitative estimate of drug-likeness (QED) is 0.729. The number of anilines is 1. The maximum Gasteiger partial charge on any atom is 0.230 e. The van der Waals surface area contributed by atoms with Crippen molar-refractivity contribution in [2.45, 2.75) is 49.3 Å². The predicted octanol–water partition coefficient (Wildman–Crippen LogP) is 2.92. The van der Waals surface area contributed by atoms with E-state index in [1.165, 1.54) is 0 Å². The van der Waals surface area contributed by atoms with Crippen molar-refractivity contribution in [3.8, 4) is 0 Å². The van der Waals surface area contributed by atoms with Crippen LogP contribution in [-0.4, -0.2) is 32.0 Å². The average molecular weight is 433 g/mol. The molecule has 1 N–H and O–H groups in total. The van der Waals surface area contributed by atoms with Gasteiger partial charge in [0.25, 0.3) is 0 Å². The van der Waals surface area contributed by atoms with Gasteiger partial charge in [-0.1, -0.05) is 6.07 Å². The third-order valence-electron chi connectivity index (χ3n) is 5.51. The second-order valence-electron chi connectivity index (χ2n) is 7.72. The van der Waals surface area contributed by atoms with Gasteiger partial charge in [0.2, 0.25) is 11.8 Å². The minimum absolute atomic E-state index is 0.0862. The van der Waals surface area contributed by atoms with Crippen LogP contribution in [0.5, 0.6) is 0 Å². The second-order valence-corrected chi connectivity index (χ2v) is 11.1. The van der Waals surface area contributed by atoms with Crippen molar-refractivity contribution in [1.29, 1.82) is 0 Å². The van der Waals surface area contributed by atoms with Crippen LogP contribution in [0.4, 0.5) is 5.69 Å². The van der Waals surface area contributed by atoms with Crippen molar-refractivity contribution in [3.63, 3.8) is 0 Å². The monoisotopic (exact) mass is 432 g/mol. The molecule has 1 atom stereocenters. The fourth-order valence-electron chi connectivity index (χ4n) is 3.61. The van der Waals surface area contributed by atoms with Crippen molar-refractivity contribution >= 4 is 38.7 Å². The fraction of sp³-hybridized carbons (Fsp3) is 0.429. The number of amides is 2. The van der Waals surface area contributed by atoms with Gasteiger partial charge in [-0.05, 0) is 61.4 Å². The van der Waals surface area contributed by atoms with E-state index in [-0.39, 0.29) is 29.0 Å². The first-order valence-electron chi connectivity index (χ1n) is 9.83. The molecule has 1 aromatic carbocycles. The van der Waals surface area contributed by atoms with Crippen LogP contribution in [0.3, 0.4) is 0 Å². The zero-order valence-corrected chi connectivity index (χ0v) is 17.9. The highest BCUT2D eigenvalue weighted by Gasteiger charge is 2.37.